The predicted molar refractivity (Wildman–Crippen MR) is 66.0 cm³/mol. The molecule has 0 radical (unpaired) electrons. The van der Waals surface area contributed by atoms with Crippen molar-refractivity contribution in [3.05, 3.63) is 42.1 Å². The van der Waals surface area contributed by atoms with Gasteiger partial charge >= 0.3 is 5.97 Å². The molecule has 1 aromatic heterocycles. The normalized spacial score (nSPS) is 12.1. The lowest BCUT2D eigenvalue weighted by molar-refractivity contribution is -0.144. The molecule has 94 valence electrons. The number of carbonyl (C=O) groups is 1. The number of aliphatic carboxylic acids is 1. The third-order valence-electron chi connectivity index (χ3n) is 2.51. The number of hydrogen-bond donors (Lipinski definition) is 1. The smallest absolute Gasteiger partial charge is 0.344 e. The van der Waals surface area contributed by atoms with Gasteiger partial charge in [-0.25, -0.2) is 9.48 Å². The fourth-order valence-electron chi connectivity index (χ4n) is 1.49. The van der Waals surface area contributed by atoms with Crippen molar-refractivity contribution in [2.75, 3.05) is 0 Å². The average molecular weight is 246 g/mol. The first kappa shape index (κ1) is 12.2. The average Bonchev–Trinajstić information content (AvgIpc) is 2.72. The summed E-state index contributed by atoms with van der Waals surface area (Å²) in [5.41, 5.74) is 1.70. The SMILES string of the molecule is Cc1cn(-c2ccccc2)nc1O[C@@H](C)C(=O)O. The maximum absolute atomic E-state index is 10.7. The standard InChI is InChI=1S/C13H14N2O3/c1-9-8-15(11-6-4-3-5-7-11)14-12(9)18-10(2)13(16)17/h3-8,10H,1-2H3,(H,16,17)/t10-/m0/s1. The maximum Gasteiger partial charge on any atom is 0.344 e. The van der Waals surface area contributed by atoms with Crippen LogP contribution in [0.15, 0.2) is 36.5 Å². The summed E-state index contributed by atoms with van der Waals surface area (Å²) >= 11 is 0. The van der Waals surface area contributed by atoms with Crippen LogP contribution in [-0.4, -0.2) is 27.0 Å². The van der Waals surface area contributed by atoms with Gasteiger partial charge < -0.3 is 9.84 Å². The van der Waals surface area contributed by atoms with Gasteiger partial charge in [0.05, 0.1) is 5.69 Å². The van der Waals surface area contributed by atoms with Gasteiger partial charge in [0, 0.05) is 11.8 Å². The third-order valence-corrected chi connectivity index (χ3v) is 2.51. The molecule has 0 unspecified atom stereocenters. The molecule has 5 heteroatoms. The summed E-state index contributed by atoms with van der Waals surface area (Å²) in [5, 5.41) is 13.0. The lowest BCUT2D eigenvalue weighted by Gasteiger charge is -2.07. The highest BCUT2D eigenvalue weighted by Gasteiger charge is 2.16. The highest BCUT2D eigenvalue weighted by Crippen LogP contribution is 2.18. The maximum atomic E-state index is 10.7. The lowest BCUT2D eigenvalue weighted by Crippen LogP contribution is -2.23. The van der Waals surface area contributed by atoms with Gasteiger partial charge in [0.15, 0.2) is 6.10 Å². The summed E-state index contributed by atoms with van der Waals surface area (Å²) in [6.45, 7) is 3.31. The van der Waals surface area contributed by atoms with Gasteiger partial charge in [0.25, 0.3) is 0 Å². The van der Waals surface area contributed by atoms with Gasteiger partial charge in [-0.2, -0.15) is 0 Å². The molecule has 18 heavy (non-hydrogen) atoms. The monoisotopic (exact) mass is 246 g/mol. The summed E-state index contributed by atoms with van der Waals surface area (Å²) in [7, 11) is 0. The fourth-order valence-corrected chi connectivity index (χ4v) is 1.49. The van der Waals surface area contributed by atoms with Gasteiger partial charge in [0.2, 0.25) is 5.88 Å². The Balaban J connectivity index is 2.25. The van der Waals surface area contributed by atoms with Crippen LogP contribution in [0.2, 0.25) is 0 Å². The van der Waals surface area contributed by atoms with Crippen molar-refractivity contribution in [3.63, 3.8) is 0 Å². The van der Waals surface area contributed by atoms with Crippen molar-refractivity contribution in [1.82, 2.24) is 9.78 Å². The van der Waals surface area contributed by atoms with E-state index >= 15 is 0 Å². The zero-order valence-corrected chi connectivity index (χ0v) is 10.2. The molecule has 0 bridgehead atoms. The first-order valence-electron chi connectivity index (χ1n) is 5.59. The number of nitrogens with zero attached hydrogens (tertiary/aromatic N) is 2. The highest BCUT2D eigenvalue weighted by molar-refractivity contribution is 5.72. The van der Waals surface area contributed by atoms with E-state index in [1.807, 2.05) is 37.3 Å². The molecule has 0 saturated carbocycles. The van der Waals surface area contributed by atoms with Gasteiger partial charge in [0.1, 0.15) is 0 Å². The molecule has 0 spiro atoms. The van der Waals surface area contributed by atoms with Crippen LogP contribution in [0.1, 0.15) is 12.5 Å². The minimum atomic E-state index is -1.01. The van der Waals surface area contributed by atoms with Crippen molar-refractivity contribution in [3.8, 4) is 11.6 Å². The van der Waals surface area contributed by atoms with Crippen LogP contribution in [0.25, 0.3) is 5.69 Å². The summed E-state index contributed by atoms with van der Waals surface area (Å²) < 4.78 is 6.94. The van der Waals surface area contributed by atoms with Crippen LogP contribution in [-0.2, 0) is 4.79 Å². The number of hydrogen-bond acceptors (Lipinski definition) is 3. The minimum Gasteiger partial charge on any atom is -0.479 e. The number of para-hydroxylation sites is 1. The Hall–Kier alpha value is -2.30. The fraction of sp³-hybridized carbons (Fsp3) is 0.231. The van der Waals surface area contributed by atoms with E-state index in [2.05, 4.69) is 5.10 Å². The lowest BCUT2D eigenvalue weighted by atomic mass is 10.3. The summed E-state index contributed by atoms with van der Waals surface area (Å²) in [6.07, 6.45) is 0.891. The number of aryl methyl sites for hydroxylation is 1. The molecule has 1 heterocycles. The molecule has 2 rings (SSSR count). The van der Waals surface area contributed by atoms with E-state index in [4.69, 9.17) is 9.84 Å². The van der Waals surface area contributed by atoms with E-state index in [9.17, 15) is 4.79 Å². The molecule has 0 fully saturated rings. The van der Waals surface area contributed by atoms with Crippen molar-refractivity contribution in [2.24, 2.45) is 0 Å². The van der Waals surface area contributed by atoms with Crippen LogP contribution in [0.5, 0.6) is 5.88 Å². The number of aromatic nitrogens is 2. The van der Waals surface area contributed by atoms with E-state index in [0.29, 0.717) is 5.88 Å². The van der Waals surface area contributed by atoms with Gasteiger partial charge in [-0.3, -0.25) is 0 Å². The van der Waals surface area contributed by atoms with Gasteiger partial charge in [-0.15, -0.1) is 5.10 Å². The Labute approximate surface area is 105 Å². The predicted octanol–water partition coefficient (Wildman–Crippen LogP) is 2.03. The summed E-state index contributed by atoms with van der Waals surface area (Å²) in [5.74, 6) is -0.669. The zero-order valence-electron chi connectivity index (χ0n) is 10.2. The topological polar surface area (TPSA) is 64.4 Å². The van der Waals surface area contributed by atoms with Crippen molar-refractivity contribution < 1.29 is 14.6 Å². The summed E-state index contributed by atoms with van der Waals surface area (Å²) in [4.78, 5) is 10.7. The second-order valence-corrected chi connectivity index (χ2v) is 4.00. The van der Waals surface area contributed by atoms with Gasteiger partial charge in [-0.05, 0) is 26.0 Å². The number of ether oxygens (including phenoxy) is 1. The quantitative estimate of drug-likeness (QED) is 0.896. The number of carboxylic acid groups (broad SMARTS) is 1. The van der Waals surface area contributed by atoms with Gasteiger partial charge in [-0.1, -0.05) is 18.2 Å². The zero-order chi connectivity index (χ0) is 13.1. The molecule has 1 N–H and O–H groups in total. The van der Waals surface area contributed by atoms with Crippen LogP contribution >= 0.6 is 0 Å². The van der Waals surface area contributed by atoms with Crippen LogP contribution in [0.3, 0.4) is 0 Å². The highest BCUT2D eigenvalue weighted by atomic mass is 16.5. The molecule has 1 atom stereocenters. The molecule has 0 aliphatic rings. The van der Waals surface area contributed by atoms with E-state index in [-0.39, 0.29) is 0 Å². The molecule has 0 aliphatic heterocycles. The molecule has 0 aliphatic carbocycles. The number of carboxylic acids is 1. The molecular formula is C13H14N2O3. The summed E-state index contributed by atoms with van der Waals surface area (Å²) in [6, 6.07) is 9.57. The Morgan fingerprint density at radius 2 is 2.06 bits per heavy atom. The van der Waals surface area contributed by atoms with Crippen molar-refractivity contribution in [1.29, 1.82) is 0 Å². The van der Waals surface area contributed by atoms with Crippen molar-refractivity contribution >= 4 is 5.97 Å². The first-order valence-corrected chi connectivity index (χ1v) is 5.59. The van der Waals surface area contributed by atoms with Crippen LogP contribution < -0.4 is 4.74 Å². The first-order chi connectivity index (χ1) is 8.58. The largest absolute Gasteiger partial charge is 0.479 e. The van der Waals surface area contributed by atoms with Crippen LogP contribution in [0.4, 0.5) is 0 Å². The molecule has 0 amide bonds. The van der Waals surface area contributed by atoms with E-state index in [0.717, 1.165) is 11.3 Å². The molecular weight excluding hydrogens is 232 g/mol. The molecule has 2 aromatic rings. The molecule has 1 aromatic carbocycles. The molecule has 5 nitrogen and oxygen atoms in total. The Kier molecular flexibility index (Phi) is 3.32. The van der Waals surface area contributed by atoms with E-state index < -0.39 is 12.1 Å². The van der Waals surface area contributed by atoms with E-state index in [1.165, 1.54) is 6.92 Å². The second kappa shape index (κ2) is 4.91. The Morgan fingerprint density at radius 3 is 2.67 bits per heavy atom. The third kappa shape index (κ3) is 2.51. The Morgan fingerprint density at radius 1 is 1.39 bits per heavy atom. The minimum absolute atomic E-state index is 0.341. The number of benzene rings is 1. The number of rotatable bonds is 4. The molecule has 0 saturated heterocycles. The van der Waals surface area contributed by atoms with Crippen molar-refractivity contribution in [2.45, 2.75) is 20.0 Å². The van der Waals surface area contributed by atoms with E-state index in [1.54, 1.807) is 10.9 Å². The second-order valence-electron chi connectivity index (χ2n) is 4.00. The Bertz CT molecular complexity index is 549. The van der Waals surface area contributed by atoms with Crippen LogP contribution in [0, 0.1) is 6.92 Å².